The Morgan fingerprint density at radius 1 is 0.958 bits per heavy atom. The molecule has 0 saturated heterocycles. The Bertz CT molecular complexity index is 1890. The highest BCUT2D eigenvalue weighted by atomic mass is 35.5. The fraction of sp³-hybridized carbons (Fsp3) is 0.417. The SMILES string of the molecule is CCc1n[nH]c(=O)n1OC.CCc1scc(Cl)c1S(=O)ON=C=S.CCc1scc(Cl)c1S(=O)ONC(=S)n1nc(CC)n(OC)c1=O. The molecule has 264 valence electrons. The Kier molecular flexibility index (Phi) is 17.8. The molecule has 4 heterocycles. The quantitative estimate of drug-likeness (QED) is 0.120. The predicted molar refractivity (Wildman–Crippen MR) is 192 cm³/mol. The number of halogens is 2. The molecule has 0 saturated carbocycles. The van der Waals surface area contributed by atoms with Crippen LogP contribution in [0.15, 0.2) is 35.3 Å². The van der Waals surface area contributed by atoms with Crippen LogP contribution in [0.3, 0.4) is 0 Å². The Hall–Kier alpha value is -2.79. The van der Waals surface area contributed by atoms with Crippen molar-refractivity contribution < 1.29 is 26.7 Å². The molecule has 0 spiro atoms. The van der Waals surface area contributed by atoms with Crippen molar-refractivity contribution in [2.24, 2.45) is 5.16 Å². The van der Waals surface area contributed by atoms with Gasteiger partial charge >= 0.3 is 11.4 Å². The third-order valence-corrected chi connectivity index (χ3v) is 11.5. The minimum Gasteiger partial charge on any atom is -0.411 e. The lowest BCUT2D eigenvalue weighted by atomic mass is 10.4. The van der Waals surface area contributed by atoms with E-state index in [2.05, 4.69) is 42.4 Å². The standard InChI is InChI=1S/C12H15ClN4O4S3.C7H6ClNO2S3.C5H9N3O2/c1-4-8-10(7(13)6-23-8)24(19)21-15-11(22)16-12(18)17(20-3)9(5-2)14-16;1-2-6-7(5(8)3-13-6)14(10)11-9-4-12;1-3-4-6-7-5(9)8(4)10-2/h6H,4-5H2,1-3H3,(H,15,22);3H,2H2,1H3;3H2,1-2H3,(H,7,9). The van der Waals surface area contributed by atoms with Gasteiger partial charge in [-0.2, -0.15) is 9.38 Å². The van der Waals surface area contributed by atoms with Crippen LogP contribution in [0.5, 0.6) is 0 Å². The number of hydrogen-bond acceptors (Lipinski definition) is 15. The van der Waals surface area contributed by atoms with Crippen LogP contribution in [0.25, 0.3) is 0 Å². The molecule has 48 heavy (non-hydrogen) atoms. The molecule has 0 radical (unpaired) electrons. The molecule has 4 rings (SSSR count). The van der Waals surface area contributed by atoms with Gasteiger partial charge in [0.1, 0.15) is 29.2 Å². The molecule has 2 N–H and O–H groups in total. The number of thiocarbonyl (C=S) groups is 2. The normalized spacial score (nSPS) is 11.6. The van der Waals surface area contributed by atoms with Gasteiger partial charge in [-0.15, -0.1) is 41.9 Å². The van der Waals surface area contributed by atoms with E-state index in [-0.39, 0.29) is 10.8 Å². The second-order valence-electron chi connectivity index (χ2n) is 8.31. The smallest absolute Gasteiger partial charge is 0.386 e. The van der Waals surface area contributed by atoms with E-state index >= 15 is 0 Å². The molecule has 2 unspecified atom stereocenters. The van der Waals surface area contributed by atoms with Crippen molar-refractivity contribution in [1.82, 2.24) is 34.9 Å². The summed E-state index contributed by atoms with van der Waals surface area (Å²) in [7, 11) is 2.77. The molecule has 0 fully saturated rings. The lowest BCUT2D eigenvalue weighted by Crippen LogP contribution is -2.38. The van der Waals surface area contributed by atoms with Gasteiger partial charge in [-0.05, 0) is 42.4 Å². The zero-order chi connectivity index (χ0) is 36.0. The van der Waals surface area contributed by atoms with Crippen LogP contribution in [-0.4, -0.2) is 62.3 Å². The fourth-order valence-corrected chi connectivity index (χ4v) is 8.60. The van der Waals surface area contributed by atoms with E-state index in [1.165, 1.54) is 36.9 Å². The second-order valence-corrected chi connectivity index (χ2v) is 13.7. The minimum atomic E-state index is -1.88. The van der Waals surface area contributed by atoms with Crippen LogP contribution in [0.2, 0.25) is 10.0 Å². The summed E-state index contributed by atoms with van der Waals surface area (Å²) in [5, 5.41) is 19.2. The number of nitrogens with zero attached hydrogens (tertiary/aromatic N) is 6. The Morgan fingerprint density at radius 3 is 1.94 bits per heavy atom. The number of hydroxylamine groups is 1. The molecular weight excluding hydrogens is 792 g/mol. The van der Waals surface area contributed by atoms with Crippen molar-refractivity contribution in [3.05, 3.63) is 63.2 Å². The van der Waals surface area contributed by atoms with Crippen molar-refractivity contribution in [3.8, 4) is 0 Å². The highest BCUT2D eigenvalue weighted by molar-refractivity contribution is 7.81. The van der Waals surface area contributed by atoms with Gasteiger partial charge in [-0.25, -0.2) is 28.6 Å². The van der Waals surface area contributed by atoms with Crippen LogP contribution < -0.4 is 26.5 Å². The van der Waals surface area contributed by atoms with Crippen LogP contribution in [0.1, 0.15) is 49.1 Å². The van der Waals surface area contributed by atoms with Gasteiger partial charge in [0.2, 0.25) is 16.2 Å². The second kappa shape index (κ2) is 20.7. The number of aromatic amines is 1. The molecule has 0 amide bonds. The molecule has 24 heteroatoms. The summed E-state index contributed by atoms with van der Waals surface area (Å²) in [6.07, 6.45) is 2.56. The topological polar surface area (TPSA) is 186 Å². The number of nitrogens with one attached hydrogen (secondary N) is 2. The molecule has 0 aromatic carbocycles. The third kappa shape index (κ3) is 10.6. The number of isothiocyanates is 1. The third-order valence-electron chi connectivity index (χ3n) is 5.57. The molecular formula is C24H30Cl2N8O8S6. The predicted octanol–water partition coefficient (Wildman–Crippen LogP) is 3.53. The summed E-state index contributed by atoms with van der Waals surface area (Å²) in [5.74, 6) is 0.995. The maximum absolute atomic E-state index is 12.3. The first-order valence-electron chi connectivity index (χ1n) is 13.5. The number of aromatic nitrogens is 6. The Morgan fingerprint density at radius 2 is 1.50 bits per heavy atom. The summed E-state index contributed by atoms with van der Waals surface area (Å²) >= 11 is 20.5. The van der Waals surface area contributed by atoms with Crippen LogP contribution in [0, 0.1) is 0 Å². The van der Waals surface area contributed by atoms with E-state index < -0.39 is 27.9 Å². The molecule has 4 aromatic heterocycles. The van der Waals surface area contributed by atoms with Crippen molar-refractivity contribution in [1.29, 1.82) is 0 Å². The first-order valence-corrected chi connectivity index (χ1v) is 19.0. The van der Waals surface area contributed by atoms with Crippen LogP contribution in [0.4, 0.5) is 0 Å². The first kappa shape index (κ1) is 41.4. The van der Waals surface area contributed by atoms with Gasteiger partial charge in [-0.3, -0.25) is 4.28 Å². The largest absolute Gasteiger partial charge is 0.411 e. The Labute approximate surface area is 308 Å². The van der Waals surface area contributed by atoms with Gasteiger partial charge in [0.15, 0.2) is 11.6 Å². The minimum absolute atomic E-state index is 0.164. The average molecular weight is 822 g/mol. The summed E-state index contributed by atoms with van der Waals surface area (Å²) in [6.45, 7) is 7.58. The number of H-pyrrole nitrogens is 1. The fourth-order valence-electron chi connectivity index (χ4n) is 3.46. The molecule has 2 atom stereocenters. The Balaban J connectivity index is 0.000000280. The van der Waals surface area contributed by atoms with E-state index in [1.807, 2.05) is 32.9 Å². The van der Waals surface area contributed by atoms with Gasteiger partial charge < -0.3 is 9.68 Å². The summed E-state index contributed by atoms with van der Waals surface area (Å²) in [5.41, 5.74) is 1.38. The molecule has 4 aromatic rings. The summed E-state index contributed by atoms with van der Waals surface area (Å²) in [4.78, 5) is 35.2. The summed E-state index contributed by atoms with van der Waals surface area (Å²) in [6, 6.07) is 0. The van der Waals surface area contributed by atoms with Crippen LogP contribution >= 0.6 is 70.3 Å². The van der Waals surface area contributed by atoms with Gasteiger partial charge in [-0.1, -0.05) is 50.9 Å². The number of aryl methyl sites for hydroxylation is 4. The van der Waals surface area contributed by atoms with Crippen molar-refractivity contribution in [3.63, 3.8) is 0 Å². The number of thiophene rings is 2. The van der Waals surface area contributed by atoms with E-state index in [0.717, 1.165) is 30.3 Å². The van der Waals surface area contributed by atoms with Crippen molar-refractivity contribution in [2.45, 2.75) is 63.2 Å². The average Bonchev–Trinajstić information content (AvgIpc) is 3.85. The lowest BCUT2D eigenvalue weighted by molar-refractivity contribution is 0.148. The zero-order valence-electron chi connectivity index (χ0n) is 26.1. The van der Waals surface area contributed by atoms with Gasteiger partial charge in [0.25, 0.3) is 11.1 Å². The molecule has 0 aliphatic rings. The molecule has 0 aliphatic carbocycles. The number of rotatable bonds is 12. The summed E-state index contributed by atoms with van der Waals surface area (Å²) < 4.78 is 36.4. The van der Waals surface area contributed by atoms with E-state index in [9.17, 15) is 18.0 Å². The maximum atomic E-state index is 12.3. The maximum Gasteiger partial charge on any atom is 0.386 e. The van der Waals surface area contributed by atoms with E-state index in [4.69, 9.17) is 49.4 Å². The molecule has 0 aliphatic heterocycles. The highest BCUT2D eigenvalue weighted by Crippen LogP contribution is 2.31. The zero-order valence-corrected chi connectivity index (χ0v) is 32.5. The van der Waals surface area contributed by atoms with Gasteiger partial charge in [0.05, 0.1) is 10.0 Å². The van der Waals surface area contributed by atoms with Gasteiger partial charge in [0, 0.05) is 33.4 Å². The van der Waals surface area contributed by atoms with E-state index in [0.29, 0.717) is 50.7 Å². The van der Waals surface area contributed by atoms with Crippen molar-refractivity contribution in [2.75, 3.05) is 14.2 Å². The monoisotopic (exact) mass is 820 g/mol. The highest BCUT2D eigenvalue weighted by Gasteiger charge is 2.20. The first-order chi connectivity index (χ1) is 22.9. The number of hydrogen-bond donors (Lipinski definition) is 2. The van der Waals surface area contributed by atoms with Crippen LogP contribution in [-0.2, 0) is 56.4 Å². The lowest BCUT2D eigenvalue weighted by Gasteiger charge is -2.06. The molecule has 0 bridgehead atoms. The van der Waals surface area contributed by atoms with Crippen molar-refractivity contribution >= 4 is 103 Å². The molecule has 16 nitrogen and oxygen atoms in total. The van der Waals surface area contributed by atoms with E-state index in [1.54, 1.807) is 10.8 Å².